The van der Waals surface area contributed by atoms with Gasteiger partial charge in [0.1, 0.15) is 0 Å². The molecule has 2 N–H and O–H groups in total. The van der Waals surface area contributed by atoms with Crippen LogP contribution in [0.5, 0.6) is 0 Å². The summed E-state index contributed by atoms with van der Waals surface area (Å²) in [6.45, 7) is 3.87. The number of nitrogens with one attached hydrogen (secondary N) is 2. The van der Waals surface area contributed by atoms with Gasteiger partial charge in [0.05, 0.1) is 17.2 Å². The Morgan fingerprint density at radius 3 is 2.95 bits per heavy atom. The van der Waals surface area contributed by atoms with Gasteiger partial charge in [-0.25, -0.2) is 0 Å². The maximum absolute atomic E-state index is 12.2. The average Bonchev–Trinajstić information content (AvgIpc) is 2.49. The van der Waals surface area contributed by atoms with Crippen molar-refractivity contribution < 1.29 is 9.72 Å². The third kappa shape index (κ3) is 4.25. The number of amides is 1. The van der Waals surface area contributed by atoms with Gasteiger partial charge in [-0.2, -0.15) is 0 Å². The number of benzene rings is 1. The van der Waals surface area contributed by atoms with Gasteiger partial charge in [0.15, 0.2) is 0 Å². The van der Waals surface area contributed by atoms with Crippen molar-refractivity contribution in [1.29, 1.82) is 0 Å². The first kappa shape index (κ1) is 16.4. The molecule has 1 heterocycles. The van der Waals surface area contributed by atoms with Crippen molar-refractivity contribution in [3.05, 3.63) is 33.9 Å². The van der Waals surface area contributed by atoms with E-state index in [1.54, 1.807) is 6.07 Å². The average molecular weight is 306 g/mol. The van der Waals surface area contributed by atoms with Crippen molar-refractivity contribution in [3.8, 4) is 0 Å². The molecule has 120 valence electrons. The molecular formula is C15H22N4O3. The topological polar surface area (TPSA) is 87.5 Å². The lowest BCUT2D eigenvalue weighted by molar-refractivity contribution is -0.384. The van der Waals surface area contributed by atoms with Crippen molar-refractivity contribution in [3.63, 3.8) is 0 Å². The summed E-state index contributed by atoms with van der Waals surface area (Å²) in [7, 11) is 1.93. The second-order valence-electron chi connectivity index (χ2n) is 5.67. The fraction of sp³-hybridized carbons (Fsp3) is 0.533. The summed E-state index contributed by atoms with van der Waals surface area (Å²) in [5, 5.41) is 16.8. The standard InChI is InChI=1S/C15H22N4O3/c1-11-5-6-13(19(21)22)8-14(11)17-15(20)10-18-7-3-4-12(9-18)16-2/h5-6,8,12,16H,3-4,7,9-10H2,1-2H3,(H,17,20). The highest BCUT2D eigenvalue weighted by molar-refractivity contribution is 5.93. The van der Waals surface area contributed by atoms with Crippen molar-refractivity contribution in [2.24, 2.45) is 0 Å². The second-order valence-corrected chi connectivity index (χ2v) is 5.67. The molecule has 1 amide bonds. The van der Waals surface area contributed by atoms with E-state index in [9.17, 15) is 14.9 Å². The summed E-state index contributed by atoms with van der Waals surface area (Å²) < 4.78 is 0. The number of rotatable bonds is 5. The molecule has 22 heavy (non-hydrogen) atoms. The van der Waals surface area contributed by atoms with E-state index in [-0.39, 0.29) is 11.6 Å². The van der Waals surface area contributed by atoms with E-state index in [0.29, 0.717) is 18.3 Å². The molecule has 0 radical (unpaired) electrons. The monoisotopic (exact) mass is 306 g/mol. The molecule has 1 aromatic carbocycles. The number of likely N-dealkylation sites (N-methyl/N-ethyl adjacent to an activating group) is 1. The lowest BCUT2D eigenvalue weighted by Gasteiger charge is -2.31. The van der Waals surface area contributed by atoms with Crippen molar-refractivity contribution in [2.45, 2.75) is 25.8 Å². The Kier molecular flexibility index (Phi) is 5.46. The summed E-state index contributed by atoms with van der Waals surface area (Å²) in [6.07, 6.45) is 2.19. The number of hydrogen-bond donors (Lipinski definition) is 2. The highest BCUT2D eigenvalue weighted by Gasteiger charge is 2.20. The van der Waals surface area contributed by atoms with E-state index >= 15 is 0 Å². The van der Waals surface area contributed by atoms with Gasteiger partial charge >= 0.3 is 0 Å². The first-order valence-electron chi connectivity index (χ1n) is 7.44. The van der Waals surface area contributed by atoms with E-state index < -0.39 is 4.92 Å². The Balaban J connectivity index is 1.97. The first-order valence-corrected chi connectivity index (χ1v) is 7.44. The van der Waals surface area contributed by atoms with Crippen molar-refractivity contribution in [2.75, 3.05) is 32.0 Å². The number of nitrogens with zero attached hydrogens (tertiary/aromatic N) is 2. The Morgan fingerprint density at radius 1 is 1.50 bits per heavy atom. The van der Waals surface area contributed by atoms with Crippen LogP contribution in [0.4, 0.5) is 11.4 Å². The second kappa shape index (κ2) is 7.33. The number of piperidine rings is 1. The lowest BCUT2D eigenvalue weighted by atomic mass is 10.1. The Labute approximate surface area is 129 Å². The summed E-state index contributed by atoms with van der Waals surface area (Å²) in [5.41, 5.74) is 1.29. The zero-order valence-electron chi connectivity index (χ0n) is 13.0. The van der Waals surface area contributed by atoms with Gasteiger partial charge in [-0.1, -0.05) is 6.07 Å². The molecule has 1 aromatic rings. The number of anilines is 1. The van der Waals surface area contributed by atoms with E-state index in [2.05, 4.69) is 15.5 Å². The van der Waals surface area contributed by atoms with E-state index in [0.717, 1.165) is 31.5 Å². The summed E-state index contributed by atoms with van der Waals surface area (Å²) in [5.74, 6) is -0.139. The van der Waals surface area contributed by atoms with E-state index in [4.69, 9.17) is 0 Å². The van der Waals surface area contributed by atoms with Crippen molar-refractivity contribution in [1.82, 2.24) is 10.2 Å². The van der Waals surface area contributed by atoms with E-state index in [1.807, 2.05) is 14.0 Å². The van der Waals surface area contributed by atoms with E-state index in [1.165, 1.54) is 12.1 Å². The zero-order valence-corrected chi connectivity index (χ0v) is 13.0. The number of likely N-dealkylation sites (tertiary alicyclic amines) is 1. The minimum Gasteiger partial charge on any atom is -0.324 e. The molecule has 1 aliphatic heterocycles. The number of carbonyl (C=O) groups excluding carboxylic acids is 1. The molecule has 0 saturated carbocycles. The fourth-order valence-corrected chi connectivity index (χ4v) is 2.69. The molecule has 1 fully saturated rings. The van der Waals surface area contributed by atoms with Crippen molar-refractivity contribution >= 4 is 17.3 Å². The van der Waals surface area contributed by atoms with Crippen LogP contribution in [0.15, 0.2) is 18.2 Å². The molecule has 7 heteroatoms. The highest BCUT2D eigenvalue weighted by atomic mass is 16.6. The number of nitro groups is 1. The lowest BCUT2D eigenvalue weighted by Crippen LogP contribution is -2.46. The largest absolute Gasteiger partial charge is 0.324 e. The molecule has 1 aliphatic rings. The number of aryl methyl sites for hydroxylation is 1. The maximum Gasteiger partial charge on any atom is 0.271 e. The quantitative estimate of drug-likeness (QED) is 0.636. The third-order valence-electron chi connectivity index (χ3n) is 3.99. The molecule has 0 bridgehead atoms. The van der Waals surface area contributed by atoms with Crippen LogP contribution in [0.1, 0.15) is 18.4 Å². The van der Waals surface area contributed by atoms with Gasteiger partial charge in [-0.15, -0.1) is 0 Å². The Bertz CT molecular complexity index is 562. The van der Waals surface area contributed by atoms with Crippen LogP contribution in [-0.4, -0.2) is 48.5 Å². The van der Waals surface area contributed by atoms with Crippen LogP contribution >= 0.6 is 0 Å². The molecule has 7 nitrogen and oxygen atoms in total. The van der Waals surface area contributed by atoms with Crippen LogP contribution in [0.2, 0.25) is 0 Å². The zero-order chi connectivity index (χ0) is 16.1. The highest BCUT2D eigenvalue weighted by Crippen LogP contribution is 2.22. The smallest absolute Gasteiger partial charge is 0.271 e. The van der Waals surface area contributed by atoms with Gasteiger partial charge in [-0.3, -0.25) is 19.8 Å². The van der Waals surface area contributed by atoms with Gasteiger partial charge in [0.25, 0.3) is 5.69 Å². The molecule has 0 aromatic heterocycles. The number of hydrogen-bond acceptors (Lipinski definition) is 5. The molecule has 1 atom stereocenters. The first-order chi connectivity index (χ1) is 10.5. The molecular weight excluding hydrogens is 284 g/mol. The predicted molar refractivity (Wildman–Crippen MR) is 85.0 cm³/mol. The minimum atomic E-state index is -0.461. The van der Waals surface area contributed by atoms with Crippen LogP contribution < -0.4 is 10.6 Å². The number of carbonyl (C=O) groups is 1. The van der Waals surface area contributed by atoms with Gasteiger partial charge in [-0.05, 0) is 38.9 Å². The number of nitro benzene ring substituents is 1. The predicted octanol–water partition coefficient (Wildman–Crippen LogP) is 1.53. The Hall–Kier alpha value is -1.99. The summed E-state index contributed by atoms with van der Waals surface area (Å²) in [6, 6.07) is 4.90. The molecule has 0 spiro atoms. The van der Waals surface area contributed by atoms with Crippen LogP contribution in [0.3, 0.4) is 0 Å². The van der Waals surface area contributed by atoms with Crippen LogP contribution in [-0.2, 0) is 4.79 Å². The van der Waals surface area contributed by atoms with Gasteiger partial charge in [0, 0.05) is 24.7 Å². The molecule has 1 unspecified atom stereocenters. The molecule has 2 rings (SSSR count). The normalized spacial score (nSPS) is 18.9. The van der Waals surface area contributed by atoms with Crippen LogP contribution in [0.25, 0.3) is 0 Å². The third-order valence-corrected chi connectivity index (χ3v) is 3.99. The summed E-state index contributed by atoms with van der Waals surface area (Å²) in [4.78, 5) is 24.6. The van der Waals surface area contributed by atoms with Crippen LogP contribution in [0, 0.1) is 17.0 Å². The fourth-order valence-electron chi connectivity index (χ4n) is 2.69. The molecule has 1 saturated heterocycles. The molecule has 0 aliphatic carbocycles. The minimum absolute atomic E-state index is 0.0193. The number of non-ortho nitro benzene ring substituents is 1. The SMILES string of the molecule is CNC1CCCN(CC(=O)Nc2cc([N+](=O)[O-])ccc2C)C1. The van der Waals surface area contributed by atoms with Gasteiger partial charge < -0.3 is 10.6 Å². The van der Waals surface area contributed by atoms with Gasteiger partial charge in [0.2, 0.25) is 5.91 Å². The summed E-state index contributed by atoms with van der Waals surface area (Å²) >= 11 is 0. The maximum atomic E-state index is 12.2. The Morgan fingerprint density at radius 2 is 2.27 bits per heavy atom.